The highest BCUT2D eigenvalue weighted by atomic mass is 16.5. The number of methoxy groups -OCH3 is 1. The van der Waals surface area contributed by atoms with E-state index in [0.29, 0.717) is 33.2 Å². The Labute approximate surface area is 313 Å². The highest BCUT2D eigenvalue weighted by Crippen LogP contribution is 2.18. The summed E-state index contributed by atoms with van der Waals surface area (Å²) in [5, 5.41) is 0. The molecule has 5 heteroatoms. The molecule has 306 valence electrons. The molecule has 49 heavy (non-hydrogen) atoms. The van der Waals surface area contributed by atoms with Gasteiger partial charge in [-0.3, -0.25) is 0 Å². The summed E-state index contributed by atoms with van der Waals surface area (Å²) < 4.78 is 26.5. The minimum Gasteiger partial charge on any atom is -0.384 e. The van der Waals surface area contributed by atoms with Crippen LogP contribution in [0.3, 0.4) is 0 Å². The standard InChI is InChI=1S/C9H20O.2C8H18O.C7H16O.C6H14O.C6H14/c1-8(2,3)7-10-9(4,5)6;1-7(2)9-6-8(3,4)5;1-5-6-9-7-8(2,3)4;1-5-8-6-7(2,3)4;1-6(2,3)5-7-4;1-5-6(2,3)4/h7H2,1-6H3;7H,6H2,1-5H3;5-7H2,1-4H3;5-6H2,1-4H3;5H2,1-4H3;5H2,1-4H3. The van der Waals surface area contributed by atoms with E-state index in [0.717, 1.165) is 52.7 Å². The molecule has 5 nitrogen and oxygen atoms in total. The zero-order valence-electron chi connectivity index (χ0n) is 39.5. The third-order valence-corrected chi connectivity index (χ3v) is 5.05. The number of ether oxygens (including phenoxy) is 5. The van der Waals surface area contributed by atoms with Gasteiger partial charge in [-0.05, 0) is 80.5 Å². The number of hydrogen-bond acceptors (Lipinski definition) is 5. The van der Waals surface area contributed by atoms with Gasteiger partial charge in [-0.2, -0.15) is 0 Å². The fourth-order valence-corrected chi connectivity index (χ4v) is 2.21. The van der Waals surface area contributed by atoms with Crippen LogP contribution in [0.1, 0.15) is 193 Å². The van der Waals surface area contributed by atoms with Gasteiger partial charge in [0, 0.05) is 20.3 Å². The molecule has 0 aliphatic heterocycles. The van der Waals surface area contributed by atoms with E-state index in [1.54, 1.807) is 7.11 Å². The molecule has 0 saturated heterocycles. The molecule has 0 bridgehead atoms. The zero-order chi connectivity index (χ0) is 41.0. The second-order valence-electron chi connectivity index (χ2n) is 21.6. The van der Waals surface area contributed by atoms with Gasteiger partial charge in [-0.1, -0.05) is 145 Å². The van der Waals surface area contributed by atoms with Crippen molar-refractivity contribution in [3.8, 4) is 0 Å². The van der Waals surface area contributed by atoms with Gasteiger partial charge in [0.05, 0.1) is 44.7 Å². The highest BCUT2D eigenvalue weighted by molar-refractivity contribution is 4.65. The van der Waals surface area contributed by atoms with E-state index >= 15 is 0 Å². The molecule has 0 heterocycles. The van der Waals surface area contributed by atoms with Crippen molar-refractivity contribution in [3.05, 3.63) is 0 Å². The molecule has 0 unspecified atom stereocenters. The van der Waals surface area contributed by atoms with Gasteiger partial charge in [0.1, 0.15) is 0 Å². The average Bonchev–Trinajstić information content (AvgIpc) is 2.84. The van der Waals surface area contributed by atoms with Crippen LogP contribution in [0.2, 0.25) is 0 Å². The summed E-state index contributed by atoms with van der Waals surface area (Å²) in [5.41, 5.74) is 2.13. The zero-order valence-corrected chi connectivity index (χ0v) is 39.5. The Morgan fingerprint density at radius 2 is 0.755 bits per heavy atom. The van der Waals surface area contributed by atoms with E-state index in [-0.39, 0.29) is 11.0 Å². The van der Waals surface area contributed by atoms with Crippen LogP contribution in [-0.4, -0.2) is 65.1 Å². The summed E-state index contributed by atoms with van der Waals surface area (Å²) in [4.78, 5) is 0. The fourth-order valence-electron chi connectivity index (χ4n) is 2.21. The van der Waals surface area contributed by atoms with Crippen molar-refractivity contribution in [3.63, 3.8) is 0 Å². The monoisotopic (exact) mass is 709 g/mol. The van der Waals surface area contributed by atoms with Crippen LogP contribution in [0.4, 0.5) is 0 Å². The van der Waals surface area contributed by atoms with Crippen molar-refractivity contribution >= 4 is 0 Å². The SMILES string of the molecule is CC(C)(C)COC(C)(C)C.CC(C)OCC(C)(C)C.CCC(C)(C)C.CCCOCC(C)(C)C.CCOCC(C)(C)C.COCC(C)(C)C. The van der Waals surface area contributed by atoms with E-state index in [4.69, 9.17) is 23.7 Å². The van der Waals surface area contributed by atoms with Crippen LogP contribution in [0.25, 0.3) is 0 Å². The highest BCUT2D eigenvalue weighted by Gasteiger charge is 2.16. The Kier molecular flexibility index (Phi) is 37.6. The summed E-state index contributed by atoms with van der Waals surface area (Å²) in [6.07, 6.45) is 2.76. The van der Waals surface area contributed by atoms with Crippen LogP contribution in [-0.2, 0) is 23.7 Å². The van der Waals surface area contributed by atoms with Gasteiger partial charge in [0.15, 0.2) is 0 Å². The lowest BCUT2D eigenvalue weighted by molar-refractivity contribution is -0.0382. The van der Waals surface area contributed by atoms with Crippen molar-refractivity contribution < 1.29 is 23.7 Å². The molecule has 0 rings (SSSR count). The van der Waals surface area contributed by atoms with E-state index in [1.165, 1.54) is 6.42 Å². The Morgan fingerprint density at radius 3 is 0.878 bits per heavy atom. The van der Waals surface area contributed by atoms with Crippen LogP contribution < -0.4 is 0 Å². The lowest BCUT2D eigenvalue weighted by atomic mass is 9.94. The Hall–Kier alpha value is -0.200. The van der Waals surface area contributed by atoms with E-state index in [1.807, 2.05) is 6.92 Å². The molecule has 0 aromatic rings. The van der Waals surface area contributed by atoms with Gasteiger partial charge >= 0.3 is 0 Å². The van der Waals surface area contributed by atoms with Crippen molar-refractivity contribution in [2.75, 3.05) is 53.4 Å². The van der Waals surface area contributed by atoms with Gasteiger partial charge in [-0.15, -0.1) is 0 Å². The van der Waals surface area contributed by atoms with Crippen LogP contribution in [0.5, 0.6) is 0 Å². The third kappa shape index (κ3) is 106. The molecule has 0 atom stereocenters. The maximum atomic E-state index is 5.59. The first-order valence-electron chi connectivity index (χ1n) is 19.3. The maximum absolute atomic E-state index is 5.59. The number of hydrogen-bond donors (Lipinski definition) is 0. The predicted molar refractivity (Wildman–Crippen MR) is 223 cm³/mol. The van der Waals surface area contributed by atoms with E-state index < -0.39 is 0 Å². The molecule has 0 radical (unpaired) electrons. The topological polar surface area (TPSA) is 46.2 Å². The minimum atomic E-state index is 0.00722. The molecule has 0 fully saturated rings. The molecule has 0 N–H and O–H groups in total. The summed E-state index contributed by atoms with van der Waals surface area (Å²) in [6, 6.07) is 0. The molecule has 0 aliphatic carbocycles. The van der Waals surface area contributed by atoms with Gasteiger partial charge < -0.3 is 23.7 Å². The van der Waals surface area contributed by atoms with Crippen molar-refractivity contribution in [2.24, 2.45) is 32.5 Å². The van der Waals surface area contributed by atoms with Crippen LogP contribution >= 0.6 is 0 Å². The van der Waals surface area contributed by atoms with Gasteiger partial charge in [-0.25, -0.2) is 0 Å². The van der Waals surface area contributed by atoms with E-state index in [9.17, 15) is 0 Å². The summed E-state index contributed by atoms with van der Waals surface area (Å²) in [7, 11) is 1.73. The van der Waals surface area contributed by atoms with Crippen LogP contribution in [0, 0.1) is 32.5 Å². The van der Waals surface area contributed by atoms with Crippen molar-refractivity contribution in [2.45, 2.75) is 205 Å². The Balaban J connectivity index is -0.000000114. The molecule has 0 amide bonds. The fraction of sp³-hybridized carbons (Fsp3) is 1.00. The molecule has 0 saturated carbocycles. The molecular weight excluding hydrogens is 608 g/mol. The molecule has 0 aromatic carbocycles. The molecule has 0 spiro atoms. The Morgan fingerprint density at radius 1 is 0.429 bits per heavy atom. The molecule has 0 aromatic heterocycles. The van der Waals surface area contributed by atoms with Gasteiger partial charge in [0.2, 0.25) is 0 Å². The first kappa shape index (κ1) is 60.9. The third-order valence-electron chi connectivity index (χ3n) is 5.05. The van der Waals surface area contributed by atoms with Crippen molar-refractivity contribution in [1.82, 2.24) is 0 Å². The number of rotatable bonds is 9. The molecular formula is C44H100O5. The average molecular weight is 709 g/mol. The summed E-state index contributed by atoms with van der Waals surface area (Å²) in [6.45, 7) is 62.0. The predicted octanol–water partition coefficient (Wildman–Crippen LogP) is 14.0. The van der Waals surface area contributed by atoms with E-state index in [2.05, 4.69) is 173 Å². The second kappa shape index (κ2) is 30.3. The smallest absolute Gasteiger partial charge is 0.0598 e. The first-order valence-corrected chi connectivity index (χ1v) is 19.3. The first-order chi connectivity index (χ1) is 21.4. The lowest BCUT2D eigenvalue weighted by Crippen LogP contribution is -2.26. The summed E-state index contributed by atoms with van der Waals surface area (Å²) in [5.74, 6) is 0. The van der Waals surface area contributed by atoms with Crippen molar-refractivity contribution in [1.29, 1.82) is 0 Å². The summed E-state index contributed by atoms with van der Waals surface area (Å²) >= 11 is 0. The second-order valence-corrected chi connectivity index (χ2v) is 21.6. The van der Waals surface area contributed by atoms with Gasteiger partial charge in [0.25, 0.3) is 0 Å². The lowest BCUT2D eigenvalue weighted by Gasteiger charge is -2.26. The van der Waals surface area contributed by atoms with Crippen LogP contribution in [0.15, 0.2) is 0 Å². The quantitative estimate of drug-likeness (QED) is 0.223. The maximum Gasteiger partial charge on any atom is 0.0598 e. The molecule has 0 aliphatic rings. The Bertz CT molecular complexity index is 635. The largest absolute Gasteiger partial charge is 0.384 e. The normalized spacial score (nSPS) is 12.5. The minimum absolute atomic E-state index is 0.00722.